The van der Waals surface area contributed by atoms with E-state index in [1.165, 1.54) is 0 Å². The minimum Gasteiger partial charge on any atom is -0.484 e. The Kier molecular flexibility index (Phi) is 4.75. The monoisotopic (exact) mass is 238 g/mol. The van der Waals surface area contributed by atoms with Crippen LogP contribution in [0.15, 0.2) is 18.2 Å². The smallest absolute Gasteiger partial charge is 0.333 e. The van der Waals surface area contributed by atoms with Gasteiger partial charge in [-0.25, -0.2) is 0 Å². The minimum atomic E-state index is -0.407. The Morgan fingerprint density at radius 3 is 2.71 bits per heavy atom. The number of nitrogens with zero attached hydrogens (tertiary/aromatic N) is 1. The number of hydrogen-bond donors (Lipinski definition) is 1. The number of ether oxygens (including phenoxy) is 1. The number of rotatable bonds is 6. The second-order valence-electron chi connectivity index (χ2n) is 3.78. The van der Waals surface area contributed by atoms with E-state index < -0.39 is 4.92 Å². The predicted octanol–water partition coefficient (Wildman–Crippen LogP) is 3.20. The molecule has 94 valence electrons. The van der Waals surface area contributed by atoms with Gasteiger partial charge in [-0.2, -0.15) is 0 Å². The van der Waals surface area contributed by atoms with Crippen molar-refractivity contribution in [1.82, 2.24) is 0 Å². The number of nitro benzene ring substituents is 1. The largest absolute Gasteiger partial charge is 0.484 e. The highest BCUT2D eigenvalue weighted by Crippen LogP contribution is 2.35. The second kappa shape index (κ2) is 6.08. The Hall–Kier alpha value is -1.78. The zero-order valence-electron chi connectivity index (χ0n) is 10.4. The minimum absolute atomic E-state index is 0.00894. The summed E-state index contributed by atoms with van der Waals surface area (Å²) in [5.74, 6) is 0.322. The average Bonchev–Trinajstić information content (AvgIpc) is 2.29. The fourth-order valence-corrected chi connectivity index (χ4v) is 1.44. The maximum atomic E-state index is 11.1. The summed E-state index contributed by atoms with van der Waals surface area (Å²) in [5.41, 5.74) is 0.507. The molecule has 0 amide bonds. The molecule has 1 N–H and O–H groups in total. The first-order chi connectivity index (χ1) is 8.10. The number of para-hydroxylation sites is 1. The van der Waals surface area contributed by atoms with Crippen molar-refractivity contribution in [2.24, 2.45) is 0 Å². The maximum Gasteiger partial charge on any atom is 0.333 e. The van der Waals surface area contributed by atoms with Crippen LogP contribution in [-0.2, 0) is 0 Å². The van der Waals surface area contributed by atoms with Crippen LogP contribution in [0, 0.1) is 10.1 Å². The third-order valence-electron chi connectivity index (χ3n) is 2.45. The molecule has 0 aliphatic rings. The van der Waals surface area contributed by atoms with Gasteiger partial charge in [0, 0.05) is 6.54 Å². The summed E-state index contributed by atoms with van der Waals surface area (Å²) < 4.78 is 5.56. The van der Waals surface area contributed by atoms with Crippen molar-refractivity contribution < 1.29 is 9.66 Å². The van der Waals surface area contributed by atoms with Crippen molar-refractivity contribution in [2.75, 3.05) is 11.9 Å². The molecule has 1 unspecified atom stereocenters. The summed E-state index contributed by atoms with van der Waals surface area (Å²) in [6.07, 6.45) is 0.772. The molecule has 0 aliphatic heterocycles. The number of hydrogen-bond acceptors (Lipinski definition) is 4. The van der Waals surface area contributed by atoms with Gasteiger partial charge in [0.25, 0.3) is 0 Å². The summed E-state index contributed by atoms with van der Waals surface area (Å²) in [6, 6.07) is 5.07. The molecular formula is C12H18N2O3. The Labute approximate surface area is 101 Å². The highest BCUT2D eigenvalue weighted by Gasteiger charge is 2.21. The third-order valence-corrected chi connectivity index (χ3v) is 2.45. The molecule has 5 nitrogen and oxygen atoms in total. The molecule has 0 saturated heterocycles. The van der Waals surface area contributed by atoms with Crippen molar-refractivity contribution in [1.29, 1.82) is 0 Å². The Morgan fingerprint density at radius 2 is 2.18 bits per heavy atom. The van der Waals surface area contributed by atoms with Crippen molar-refractivity contribution in [2.45, 2.75) is 33.3 Å². The van der Waals surface area contributed by atoms with Crippen LogP contribution in [-0.4, -0.2) is 17.6 Å². The first-order valence-corrected chi connectivity index (χ1v) is 5.78. The topological polar surface area (TPSA) is 64.4 Å². The predicted molar refractivity (Wildman–Crippen MR) is 67.6 cm³/mol. The van der Waals surface area contributed by atoms with E-state index >= 15 is 0 Å². The quantitative estimate of drug-likeness (QED) is 0.610. The maximum absolute atomic E-state index is 11.1. The molecule has 0 saturated carbocycles. The van der Waals surface area contributed by atoms with Crippen molar-refractivity contribution in [3.8, 4) is 5.75 Å². The molecule has 1 aromatic rings. The number of benzene rings is 1. The van der Waals surface area contributed by atoms with Gasteiger partial charge >= 0.3 is 5.69 Å². The van der Waals surface area contributed by atoms with Gasteiger partial charge in [0.2, 0.25) is 0 Å². The molecule has 0 aromatic heterocycles. The van der Waals surface area contributed by atoms with E-state index in [1.807, 2.05) is 20.8 Å². The van der Waals surface area contributed by atoms with E-state index in [1.54, 1.807) is 18.2 Å². The molecule has 0 heterocycles. The first-order valence-electron chi connectivity index (χ1n) is 5.78. The molecule has 1 aromatic carbocycles. The number of nitrogens with one attached hydrogen (secondary N) is 1. The van der Waals surface area contributed by atoms with Crippen molar-refractivity contribution >= 4 is 11.4 Å². The second-order valence-corrected chi connectivity index (χ2v) is 3.78. The lowest BCUT2D eigenvalue weighted by Gasteiger charge is -2.14. The van der Waals surface area contributed by atoms with E-state index in [-0.39, 0.29) is 11.8 Å². The first kappa shape index (κ1) is 13.3. The fourth-order valence-electron chi connectivity index (χ4n) is 1.44. The van der Waals surface area contributed by atoms with E-state index in [2.05, 4.69) is 5.32 Å². The summed E-state index contributed by atoms with van der Waals surface area (Å²) >= 11 is 0. The Bertz CT molecular complexity index is 393. The van der Waals surface area contributed by atoms with Gasteiger partial charge in [-0.3, -0.25) is 10.1 Å². The van der Waals surface area contributed by atoms with Crippen LogP contribution >= 0.6 is 0 Å². The average molecular weight is 238 g/mol. The van der Waals surface area contributed by atoms with E-state index in [0.29, 0.717) is 18.0 Å². The van der Waals surface area contributed by atoms with Gasteiger partial charge in [-0.1, -0.05) is 13.0 Å². The van der Waals surface area contributed by atoms with E-state index in [9.17, 15) is 10.1 Å². The molecule has 0 radical (unpaired) electrons. The van der Waals surface area contributed by atoms with E-state index in [0.717, 1.165) is 6.42 Å². The summed E-state index contributed by atoms with van der Waals surface area (Å²) in [5, 5.41) is 14.0. The van der Waals surface area contributed by atoms with Crippen LogP contribution in [0.1, 0.15) is 27.2 Å². The van der Waals surface area contributed by atoms with Gasteiger partial charge in [-0.15, -0.1) is 0 Å². The molecule has 0 spiro atoms. The van der Waals surface area contributed by atoms with Crippen molar-refractivity contribution in [3.05, 3.63) is 28.3 Å². The van der Waals surface area contributed by atoms with Gasteiger partial charge in [0.1, 0.15) is 5.69 Å². The third kappa shape index (κ3) is 3.34. The van der Waals surface area contributed by atoms with Crippen LogP contribution in [0.4, 0.5) is 11.4 Å². The van der Waals surface area contributed by atoms with Crippen LogP contribution in [0.3, 0.4) is 0 Å². The lowest BCUT2D eigenvalue weighted by atomic mass is 10.2. The number of nitro groups is 1. The summed E-state index contributed by atoms with van der Waals surface area (Å²) in [4.78, 5) is 10.7. The zero-order valence-corrected chi connectivity index (χ0v) is 10.4. The Balaban J connectivity index is 3.10. The van der Waals surface area contributed by atoms with Gasteiger partial charge in [0.05, 0.1) is 11.0 Å². The highest BCUT2D eigenvalue weighted by molar-refractivity contribution is 5.68. The molecule has 0 bridgehead atoms. The SMILES string of the molecule is CCNc1cccc(OC(C)CC)c1[N+](=O)[O-]. The summed E-state index contributed by atoms with van der Waals surface area (Å²) in [6.45, 7) is 6.40. The highest BCUT2D eigenvalue weighted by atomic mass is 16.6. The van der Waals surface area contributed by atoms with Crippen LogP contribution in [0.5, 0.6) is 5.75 Å². The zero-order chi connectivity index (χ0) is 12.8. The van der Waals surface area contributed by atoms with Crippen LogP contribution < -0.4 is 10.1 Å². The van der Waals surface area contributed by atoms with Gasteiger partial charge in [0.15, 0.2) is 5.75 Å². The molecule has 17 heavy (non-hydrogen) atoms. The Morgan fingerprint density at radius 1 is 1.47 bits per heavy atom. The van der Waals surface area contributed by atoms with Crippen molar-refractivity contribution in [3.63, 3.8) is 0 Å². The molecule has 1 rings (SSSR count). The lowest BCUT2D eigenvalue weighted by molar-refractivity contribution is -0.385. The number of anilines is 1. The van der Waals surface area contributed by atoms with Gasteiger partial charge in [-0.05, 0) is 32.4 Å². The molecule has 5 heteroatoms. The molecule has 0 fully saturated rings. The standard InChI is InChI=1S/C12H18N2O3/c1-4-9(3)17-11-8-6-7-10(13-5-2)12(11)14(15)16/h6-9,13H,4-5H2,1-3H3. The van der Waals surface area contributed by atoms with Crippen LogP contribution in [0.25, 0.3) is 0 Å². The van der Waals surface area contributed by atoms with Crippen LogP contribution in [0.2, 0.25) is 0 Å². The summed E-state index contributed by atoms with van der Waals surface area (Å²) in [7, 11) is 0. The fraction of sp³-hybridized carbons (Fsp3) is 0.500. The molecule has 1 atom stereocenters. The molecular weight excluding hydrogens is 220 g/mol. The molecule has 0 aliphatic carbocycles. The normalized spacial score (nSPS) is 11.9. The van der Waals surface area contributed by atoms with Gasteiger partial charge < -0.3 is 10.1 Å². The van der Waals surface area contributed by atoms with E-state index in [4.69, 9.17) is 4.74 Å². The lowest BCUT2D eigenvalue weighted by Crippen LogP contribution is -2.12.